The average Bonchev–Trinajstić information content (AvgIpc) is 2.61. The Kier molecular flexibility index (Phi) is 3.23. The van der Waals surface area contributed by atoms with E-state index < -0.39 is 0 Å². The van der Waals surface area contributed by atoms with Crippen LogP contribution in [0.5, 0.6) is 0 Å². The Labute approximate surface area is 80.3 Å². The quantitative estimate of drug-likeness (QED) is 0.736. The summed E-state index contributed by atoms with van der Waals surface area (Å²) >= 11 is 1.38. The zero-order valence-corrected chi connectivity index (χ0v) is 7.73. The number of nitriles is 1. The van der Waals surface area contributed by atoms with Gasteiger partial charge in [-0.25, -0.2) is 0 Å². The van der Waals surface area contributed by atoms with Gasteiger partial charge in [0, 0.05) is 4.88 Å². The first-order valence-corrected chi connectivity index (χ1v) is 4.47. The van der Waals surface area contributed by atoms with Gasteiger partial charge in [0.25, 0.3) is 0 Å². The number of nitrogens with zero attached hydrogens (tertiary/aromatic N) is 1. The molecule has 0 radical (unpaired) electrons. The van der Waals surface area contributed by atoms with Gasteiger partial charge in [0.15, 0.2) is 0 Å². The molecule has 4 heteroatoms. The van der Waals surface area contributed by atoms with Crippen molar-refractivity contribution in [2.24, 2.45) is 0 Å². The highest BCUT2D eigenvalue weighted by molar-refractivity contribution is 7.12. The lowest BCUT2D eigenvalue weighted by Crippen LogP contribution is -2.19. The molecule has 0 aliphatic heterocycles. The number of hydrogen-bond acceptors (Lipinski definition) is 3. The van der Waals surface area contributed by atoms with Crippen molar-refractivity contribution in [1.82, 2.24) is 5.32 Å². The predicted octanol–water partition coefficient (Wildman–Crippen LogP) is 1.42. The Morgan fingerprint density at radius 3 is 3.08 bits per heavy atom. The zero-order valence-electron chi connectivity index (χ0n) is 6.91. The molecule has 0 fully saturated rings. The van der Waals surface area contributed by atoms with Crippen molar-refractivity contribution < 1.29 is 4.79 Å². The topological polar surface area (TPSA) is 52.9 Å². The van der Waals surface area contributed by atoms with Crippen LogP contribution in [0.25, 0.3) is 0 Å². The summed E-state index contributed by atoms with van der Waals surface area (Å²) in [5, 5.41) is 11.2. The average molecular weight is 192 g/mol. The minimum Gasteiger partial charge on any atom is -0.348 e. The highest BCUT2D eigenvalue weighted by Gasteiger charge is 1.99. The van der Waals surface area contributed by atoms with E-state index in [2.05, 4.69) is 11.9 Å². The van der Waals surface area contributed by atoms with Crippen molar-refractivity contribution in [2.45, 2.75) is 6.54 Å². The van der Waals surface area contributed by atoms with Gasteiger partial charge in [-0.05, 0) is 18.2 Å². The summed E-state index contributed by atoms with van der Waals surface area (Å²) in [5.74, 6) is -0.202. The monoisotopic (exact) mass is 192 g/mol. The van der Waals surface area contributed by atoms with Gasteiger partial charge in [-0.3, -0.25) is 4.79 Å². The van der Waals surface area contributed by atoms with E-state index >= 15 is 0 Å². The van der Waals surface area contributed by atoms with Gasteiger partial charge in [0.05, 0.1) is 6.54 Å². The fourth-order valence-corrected chi connectivity index (χ4v) is 1.52. The summed E-state index contributed by atoms with van der Waals surface area (Å²) in [6, 6.07) is 5.60. The molecule has 1 N–H and O–H groups in total. The Hall–Kier alpha value is -1.60. The van der Waals surface area contributed by atoms with Crippen LogP contribution in [0.1, 0.15) is 9.75 Å². The van der Waals surface area contributed by atoms with E-state index in [0.717, 1.165) is 4.88 Å². The summed E-state index contributed by atoms with van der Waals surface area (Å²) < 4.78 is 0. The maximum Gasteiger partial charge on any atom is 0.243 e. The fraction of sp³-hybridized carbons (Fsp3) is 0.111. The van der Waals surface area contributed by atoms with Crippen LogP contribution < -0.4 is 5.32 Å². The molecule has 3 nitrogen and oxygen atoms in total. The molecule has 0 unspecified atom stereocenters. The minimum absolute atomic E-state index is 0.202. The normalized spacial score (nSPS) is 8.85. The number of thiophene rings is 1. The molecule has 1 aromatic rings. The Balaban J connectivity index is 2.51. The van der Waals surface area contributed by atoms with Gasteiger partial charge in [0.1, 0.15) is 10.9 Å². The minimum atomic E-state index is -0.202. The van der Waals surface area contributed by atoms with Crippen molar-refractivity contribution in [1.29, 1.82) is 5.26 Å². The second kappa shape index (κ2) is 4.43. The van der Waals surface area contributed by atoms with E-state index in [4.69, 9.17) is 5.26 Å². The second-order valence-corrected chi connectivity index (χ2v) is 3.47. The van der Waals surface area contributed by atoms with Gasteiger partial charge in [-0.15, -0.1) is 11.3 Å². The highest BCUT2D eigenvalue weighted by Crippen LogP contribution is 2.14. The largest absolute Gasteiger partial charge is 0.348 e. The van der Waals surface area contributed by atoms with E-state index in [-0.39, 0.29) is 5.91 Å². The fourth-order valence-electron chi connectivity index (χ4n) is 0.779. The van der Waals surface area contributed by atoms with E-state index in [1.165, 1.54) is 17.4 Å². The third-order valence-electron chi connectivity index (χ3n) is 1.39. The molecule has 0 bridgehead atoms. The molecule has 13 heavy (non-hydrogen) atoms. The lowest BCUT2D eigenvalue weighted by molar-refractivity contribution is -0.116. The molecule has 0 aromatic carbocycles. The lowest BCUT2D eigenvalue weighted by Gasteiger charge is -1.97. The maximum absolute atomic E-state index is 10.8. The summed E-state index contributed by atoms with van der Waals surface area (Å²) in [4.78, 5) is 12.4. The molecule has 0 aliphatic carbocycles. The number of amides is 1. The van der Waals surface area contributed by atoms with Gasteiger partial charge in [0.2, 0.25) is 5.91 Å². The van der Waals surface area contributed by atoms with Crippen LogP contribution in [0, 0.1) is 11.3 Å². The number of carbonyl (C=O) groups excluding carboxylic acids is 1. The van der Waals surface area contributed by atoms with Gasteiger partial charge in [-0.1, -0.05) is 6.58 Å². The molecular weight excluding hydrogens is 184 g/mol. The van der Waals surface area contributed by atoms with Gasteiger partial charge >= 0.3 is 0 Å². The zero-order chi connectivity index (χ0) is 9.68. The predicted molar refractivity (Wildman–Crippen MR) is 51.1 cm³/mol. The highest BCUT2D eigenvalue weighted by atomic mass is 32.1. The molecule has 0 spiro atoms. The van der Waals surface area contributed by atoms with Crippen LogP contribution in [-0.2, 0) is 11.3 Å². The smallest absolute Gasteiger partial charge is 0.243 e. The number of rotatable bonds is 3. The second-order valence-electron chi connectivity index (χ2n) is 2.30. The van der Waals surface area contributed by atoms with Crippen molar-refractivity contribution in [2.75, 3.05) is 0 Å². The summed E-state index contributed by atoms with van der Waals surface area (Å²) in [6.07, 6.45) is 1.22. The van der Waals surface area contributed by atoms with Crippen LogP contribution >= 0.6 is 11.3 Å². The van der Waals surface area contributed by atoms with Crippen LogP contribution in [0.3, 0.4) is 0 Å². The first-order chi connectivity index (χ1) is 6.26. The maximum atomic E-state index is 10.8. The van der Waals surface area contributed by atoms with E-state index in [1.807, 2.05) is 12.1 Å². The van der Waals surface area contributed by atoms with Crippen LogP contribution in [-0.4, -0.2) is 5.91 Å². The number of nitrogens with one attached hydrogen (secondary N) is 1. The van der Waals surface area contributed by atoms with Gasteiger partial charge in [-0.2, -0.15) is 5.26 Å². The molecule has 0 atom stereocenters. The van der Waals surface area contributed by atoms with Crippen LogP contribution in [0.15, 0.2) is 24.8 Å². The van der Waals surface area contributed by atoms with Gasteiger partial charge < -0.3 is 5.32 Å². The standard InChI is InChI=1S/C9H8N2OS/c1-2-9(12)11-6-8-4-3-7(5-10)13-8/h2-4H,1,6H2,(H,11,12). The summed E-state index contributed by atoms with van der Waals surface area (Å²) in [6.45, 7) is 3.79. The molecule has 66 valence electrons. The Morgan fingerprint density at radius 1 is 1.77 bits per heavy atom. The number of hydrogen-bond donors (Lipinski definition) is 1. The Morgan fingerprint density at radius 2 is 2.54 bits per heavy atom. The molecule has 1 heterocycles. The molecule has 0 saturated carbocycles. The van der Waals surface area contributed by atoms with Crippen LogP contribution in [0.2, 0.25) is 0 Å². The van der Waals surface area contributed by atoms with Crippen molar-refractivity contribution in [3.05, 3.63) is 34.5 Å². The van der Waals surface area contributed by atoms with Crippen molar-refractivity contribution >= 4 is 17.2 Å². The molecule has 1 rings (SSSR count). The summed E-state index contributed by atoms with van der Waals surface area (Å²) in [5.41, 5.74) is 0. The van der Waals surface area contributed by atoms with E-state index in [9.17, 15) is 4.79 Å². The van der Waals surface area contributed by atoms with Crippen molar-refractivity contribution in [3.63, 3.8) is 0 Å². The molecular formula is C9H8N2OS. The van der Waals surface area contributed by atoms with Crippen LogP contribution in [0.4, 0.5) is 0 Å². The molecule has 1 aromatic heterocycles. The first-order valence-electron chi connectivity index (χ1n) is 3.65. The molecule has 1 amide bonds. The lowest BCUT2D eigenvalue weighted by atomic mass is 10.4. The molecule has 0 aliphatic rings. The third kappa shape index (κ3) is 2.73. The Bertz CT molecular complexity index is 362. The van der Waals surface area contributed by atoms with E-state index in [0.29, 0.717) is 11.4 Å². The summed E-state index contributed by atoms with van der Waals surface area (Å²) in [7, 11) is 0. The van der Waals surface area contributed by atoms with E-state index in [1.54, 1.807) is 6.07 Å². The SMILES string of the molecule is C=CC(=O)NCc1ccc(C#N)s1. The molecule has 0 saturated heterocycles. The number of carbonyl (C=O) groups is 1. The third-order valence-corrected chi connectivity index (χ3v) is 2.38. The van der Waals surface area contributed by atoms with Crippen molar-refractivity contribution in [3.8, 4) is 6.07 Å². The first kappa shape index (κ1) is 9.49.